The molecule has 6 heteroatoms. The quantitative estimate of drug-likeness (QED) is 0.838. The van der Waals surface area contributed by atoms with Crippen LogP contribution in [0.15, 0.2) is 22.7 Å². The number of rotatable bonds is 1. The monoisotopic (exact) mass is 287 g/mol. The van der Waals surface area contributed by atoms with Crippen LogP contribution in [0.3, 0.4) is 0 Å². The highest BCUT2D eigenvalue weighted by Crippen LogP contribution is 2.33. The fourth-order valence-corrected chi connectivity index (χ4v) is 1.33. The van der Waals surface area contributed by atoms with Crippen molar-refractivity contribution < 1.29 is 13.2 Å². The maximum absolute atomic E-state index is 12.2. The van der Waals surface area contributed by atoms with Gasteiger partial charge in [-0.3, -0.25) is 0 Å². The molecule has 0 aromatic heterocycles. The van der Waals surface area contributed by atoms with Crippen molar-refractivity contribution in [1.29, 1.82) is 0 Å². The highest BCUT2D eigenvalue weighted by atomic mass is 79.9. The molecular formula is C8H6BrClF3N. The second-order valence-corrected chi connectivity index (χ2v) is 3.95. The first-order valence-corrected chi connectivity index (χ1v) is 4.76. The number of halogens is 5. The average molecular weight is 288 g/mol. The molecule has 1 aromatic carbocycles. The molecule has 0 aliphatic carbocycles. The highest BCUT2D eigenvalue weighted by Gasteiger charge is 2.37. The van der Waals surface area contributed by atoms with Crippen molar-refractivity contribution in [3.05, 3.63) is 33.3 Å². The Morgan fingerprint density at radius 3 is 2.36 bits per heavy atom. The van der Waals surface area contributed by atoms with Gasteiger partial charge in [-0.15, -0.1) is 0 Å². The maximum atomic E-state index is 12.2. The minimum atomic E-state index is -4.45. The van der Waals surface area contributed by atoms with Gasteiger partial charge < -0.3 is 5.73 Å². The summed E-state index contributed by atoms with van der Waals surface area (Å²) in [5, 5.41) is 0.210. The molecule has 1 aromatic rings. The zero-order valence-corrected chi connectivity index (χ0v) is 9.12. The zero-order valence-electron chi connectivity index (χ0n) is 6.78. The molecule has 2 N–H and O–H groups in total. The van der Waals surface area contributed by atoms with Crippen molar-refractivity contribution in [2.24, 2.45) is 5.73 Å². The third kappa shape index (κ3) is 2.62. The van der Waals surface area contributed by atoms with Crippen LogP contribution in [-0.2, 0) is 0 Å². The van der Waals surface area contributed by atoms with Crippen LogP contribution < -0.4 is 5.73 Å². The third-order valence-electron chi connectivity index (χ3n) is 1.66. The van der Waals surface area contributed by atoms with E-state index in [1.54, 1.807) is 0 Å². The first kappa shape index (κ1) is 11.8. The van der Waals surface area contributed by atoms with Crippen LogP contribution in [0, 0.1) is 0 Å². The molecule has 14 heavy (non-hydrogen) atoms. The van der Waals surface area contributed by atoms with E-state index in [1.165, 1.54) is 18.2 Å². The normalized spacial score (nSPS) is 14.1. The Bertz CT molecular complexity index is 340. The van der Waals surface area contributed by atoms with Crippen LogP contribution in [-0.4, -0.2) is 6.18 Å². The van der Waals surface area contributed by atoms with Crippen molar-refractivity contribution in [2.75, 3.05) is 0 Å². The summed E-state index contributed by atoms with van der Waals surface area (Å²) in [6.45, 7) is 0. The second kappa shape index (κ2) is 4.08. The molecule has 1 rings (SSSR count). The third-order valence-corrected chi connectivity index (χ3v) is 2.89. The van der Waals surface area contributed by atoms with Crippen LogP contribution in [0.5, 0.6) is 0 Å². The lowest BCUT2D eigenvalue weighted by molar-refractivity contribution is -0.149. The first-order valence-electron chi connectivity index (χ1n) is 3.59. The molecule has 0 bridgehead atoms. The van der Waals surface area contributed by atoms with E-state index >= 15 is 0 Å². The van der Waals surface area contributed by atoms with Gasteiger partial charge in [-0.1, -0.05) is 17.7 Å². The molecule has 0 amide bonds. The van der Waals surface area contributed by atoms with E-state index in [-0.39, 0.29) is 10.6 Å². The molecule has 0 saturated heterocycles. The van der Waals surface area contributed by atoms with Gasteiger partial charge in [-0.25, -0.2) is 0 Å². The molecule has 0 aliphatic heterocycles. The SMILES string of the molecule is N[C@H](c1ccc(Br)c(Cl)c1)C(F)(F)F. The lowest BCUT2D eigenvalue weighted by Crippen LogP contribution is -2.28. The fraction of sp³-hybridized carbons (Fsp3) is 0.250. The van der Waals surface area contributed by atoms with Crippen LogP contribution in [0.1, 0.15) is 11.6 Å². The Morgan fingerprint density at radius 1 is 1.36 bits per heavy atom. The molecule has 1 nitrogen and oxygen atoms in total. The number of nitrogens with two attached hydrogens (primary N) is 1. The topological polar surface area (TPSA) is 26.0 Å². The van der Waals surface area contributed by atoms with Crippen LogP contribution in [0.25, 0.3) is 0 Å². The van der Waals surface area contributed by atoms with Crippen LogP contribution >= 0.6 is 27.5 Å². The molecule has 0 fully saturated rings. The average Bonchev–Trinajstić information content (AvgIpc) is 2.07. The molecule has 0 saturated carbocycles. The zero-order chi connectivity index (χ0) is 10.9. The van der Waals surface area contributed by atoms with Crippen LogP contribution in [0.2, 0.25) is 5.02 Å². The Hall–Kier alpha value is -0.260. The van der Waals surface area contributed by atoms with Gasteiger partial charge in [0.15, 0.2) is 0 Å². The van der Waals surface area contributed by atoms with Gasteiger partial charge in [-0.2, -0.15) is 13.2 Å². The summed E-state index contributed by atoms with van der Waals surface area (Å²) < 4.78 is 37.1. The van der Waals surface area contributed by atoms with Gasteiger partial charge in [0.25, 0.3) is 0 Å². The maximum Gasteiger partial charge on any atom is 0.407 e. The largest absolute Gasteiger partial charge is 0.407 e. The molecular weight excluding hydrogens is 282 g/mol. The summed E-state index contributed by atoms with van der Waals surface area (Å²) in [6, 6.07) is 1.93. The summed E-state index contributed by atoms with van der Waals surface area (Å²) in [5.41, 5.74) is 4.94. The Balaban J connectivity index is 3.03. The molecule has 78 valence electrons. The molecule has 0 spiro atoms. The molecule has 0 heterocycles. The smallest absolute Gasteiger partial charge is 0.316 e. The predicted octanol–water partition coefficient (Wildman–Crippen LogP) is 3.66. The van der Waals surface area contributed by atoms with E-state index in [2.05, 4.69) is 15.9 Å². The lowest BCUT2D eigenvalue weighted by atomic mass is 10.1. The first-order chi connectivity index (χ1) is 6.32. The van der Waals surface area contributed by atoms with E-state index in [1.807, 2.05) is 0 Å². The van der Waals surface area contributed by atoms with Crippen molar-refractivity contribution in [2.45, 2.75) is 12.2 Å². The van der Waals surface area contributed by atoms with Crippen molar-refractivity contribution in [3.63, 3.8) is 0 Å². The second-order valence-electron chi connectivity index (χ2n) is 2.69. The Morgan fingerprint density at radius 2 is 1.93 bits per heavy atom. The molecule has 0 aliphatic rings. The van der Waals surface area contributed by atoms with E-state index in [9.17, 15) is 13.2 Å². The van der Waals surface area contributed by atoms with Crippen molar-refractivity contribution in [1.82, 2.24) is 0 Å². The van der Waals surface area contributed by atoms with Crippen molar-refractivity contribution >= 4 is 27.5 Å². The van der Waals surface area contributed by atoms with Gasteiger partial charge in [0.05, 0.1) is 5.02 Å². The van der Waals surface area contributed by atoms with Gasteiger partial charge in [-0.05, 0) is 33.6 Å². The Labute approximate surface area is 92.2 Å². The summed E-state index contributed by atoms with van der Waals surface area (Å²) in [4.78, 5) is 0. The number of hydrogen-bond acceptors (Lipinski definition) is 1. The summed E-state index contributed by atoms with van der Waals surface area (Å²) in [6.07, 6.45) is -4.45. The standard InChI is InChI=1S/C8H6BrClF3N/c9-5-2-1-4(3-6(5)10)7(14)8(11,12)13/h1-3,7H,14H2/t7-/m1/s1. The molecule has 0 unspecified atom stereocenters. The minimum absolute atomic E-state index is 0.0503. The van der Waals surface area contributed by atoms with E-state index in [0.717, 1.165) is 0 Å². The van der Waals surface area contributed by atoms with E-state index < -0.39 is 12.2 Å². The lowest BCUT2D eigenvalue weighted by Gasteiger charge is -2.16. The molecule has 1 atom stereocenters. The number of alkyl halides is 3. The fourth-order valence-electron chi connectivity index (χ4n) is 0.895. The summed E-state index contributed by atoms with van der Waals surface area (Å²) in [7, 11) is 0. The Kier molecular flexibility index (Phi) is 3.44. The van der Waals surface area contributed by atoms with Crippen molar-refractivity contribution in [3.8, 4) is 0 Å². The van der Waals surface area contributed by atoms with E-state index in [0.29, 0.717) is 4.47 Å². The van der Waals surface area contributed by atoms with Crippen LogP contribution in [0.4, 0.5) is 13.2 Å². The predicted molar refractivity (Wildman–Crippen MR) is 52.1 cm³/mol. The highest BCUT2D eigenvalue weighted by molar-refractivity contribution is 9.10. The summed E-state index contributed by atoms with van der Waals surface area (Å²) in [5.74, 6) is 0. The van der Waals surface area contributed by atoms with Gasteiger partial charge in [0, 0.05) is 4.47 Å². The summed E-state index contributed by atoms with van der Waals surface area (Å²) >= 11 is 8.71. The minimum Gasteiger partial charge on any atom is -0.316 e. The van der Waals surface area contributed by atoms with Gasteiger partial charge in [0.2, 0.25) is 0 Å². The molecule has 0 radical (unpaired) electrons. The van der Waals surface area contributed by atoms with Gasteiger partial charge >= 0.3 is 6.18 Å². The van der Waals surface area contributed by atoms with E-state index in [4.69, 9.17) is 17.3 Å². The number of hydrogen-bond donors (Lipinski definition) is 1. The number of benzene rings is 1. The van der Waals surface area contributed by atoms with Gasteiger partial charge in [0.1, 0.15) is 6.04 Å².